The number of carbonyl (C=O) groups excluding carboxylic acids is 2. The van der Waals surface area contributed by atoms with Crippen LogP contribution in [-0.4, -0.2) is 131 Å². The average Bonchev–Trinajstić information content (AvgIpc) is 1.31. The number of nitrogens with zero attached hydrogens (tertiary/aromatic N) is 3. The molecule has 35 heteroatoms. The van der Waals surface area contributed by atoms with Crippen LogP contribution < -0.4 is 26.8 Å². The Balaban J connectivity index is 0.943. The Bertz CT molecular complexity index is 3720. The molecular formula is C51H66N6O22P3S4+. The van der Waals surface area contributed by atoms with Crippen LogP contribution in [0, 0.1) is 11.8 Å². The summed E-state index contributed by atoms with van der Waals surface area (Å²) in [5.41, 5.74) is 1.42. The third-order valence-electron chi connectivity index (χ3n) is 14.2. The number of unbranched alkanes of at least 4 members (excludes halogenated alkanes) is 2. The standard InChI is InChI=1S/C51H65N6O22P3S4/c1-7-26-74-41-31-47(76-42(41)33-75-82(78-63,79-77-62,80(64)65)81(66)67)57-32-34(48(60)54-49(57)61)14-13-23-52-46(59)22-27-83-84-28-24-53-45(58)17-10-9-11-25-56-40-21-19-36(86(71,72)73)30-38(40)51(5,6)44(56)16-12-15-43-50(3,4)37-29-35(85(68,69)70)18-20-39(37)55(43)8-2/h7,12,15-16,18-21,29-30,32,41-42,47H,1,8-11,17,22-28,31,33H2,2-6H3,(H6-,52,53,54,58,59,60,61,62,63,68,69,70,71,72,73)/p+1. The number of aromatic nitrogens is 2. The van der Waals surface area contributed by atoms with Gasteiger partial charge in [-0.1, -0.05) is 41.5 Å². The Labute approximate surface area is 503 Å². The van der Waals surface area contributed by atoms with Crippen LogP contribution in [0.2, 0.25) is 0 Å². The Morgan fingerprint density at radius 3 is 2.23 bits per heavy atom. The van der Waals surface area contributed by atoms with Gasteiger partial charge < -0.3 is 10.2 Å². The number of benzene rings is 2. The summed E-state index contributed by atoms with van der Waals surface area (Å²) < 4.78 is 144. The van der Waals surface area contributed by atoms with E-state index in [0.29, 0.717) is 56.0 Å². The SMILES string of the molecule is C=CCOC1CC(n2cc(C#CCNC(=O)CCSSCCNC(=O)CCCCC[N+]3=C(/C=C/C=C4/N(CC)c5ccc(S(=O)(=O)O)cc5C4(C)C)C(C)(C)c4cc(S(=O)(=O)O)ccc43)c(=O)[nH]c2=O)OC1COP(OO)(OOO)(P(=O)=O)P(=O)=O. The van der Waals surface area contributed by atoms with Crippen LogP contribution in [0.25, 0.3) is 0 Å². The summed E-state index contributed by atoms with van der Waals surface area (Å²) >= 11 is 0. The van der Waals surface area contributed by atoms with Gasteiger partial charge in [-0.05, 0) is 75.6 Å². The number of amides is 2. The molecule has 7 N–H and O–H groups in total. The van der Waals surface area contributed by atoms with E-state index in [4.69, 9.17) is 19.3 Å². The summed E-state index contributed by atoms with van der Waals surface area (Å²) in [5, 5.41) is 26.9. The first-order valence-corrected chi connectivity index (χ1v) is 37.5. The van der Waals surface area contributed by atoms with E-state index in [1.54, 1.807) is 12.1 Å². The zero-order valence-corrected chi connectivity index (χ0v) is 53.1. The van der Waals surface area contributed by atoms with Gasteiger partial charge in [0.2, 0.25) is 17.5 Å². The van der Waals surface area contributed by atoms with E-state index in [2.05, 4.69) is 57.9 Å². The number of H-pyrrole nitrogens is 1. The van der Waals surface area contributed by atoms with Crippen molar-refractivity contribution in [3.8, 4) is 11.8 Å². The molecule has 4 heterocycles. The summed E-state index contributed by atoms with van der Waals surface area (Å²) in [6.45, 7) is 6.89. The van der Waals surface area contributed by atoms with Crippen molar-refractivity contribution in [2.24, 2.45) is 0 Å². The van der Waals surface area contributed by atoms with Crippen LogP contribution in [0.1, 0.15) is 96.1 Å². The van der Waals surface area contributed by atoms with Gasteiger partial charge in [0.05, 0.1) is 15.2 Å². The fourth-order valence-corrected chi connectivity index (χ4v) is 17.2. The van der Waals surface area contributed by atoms with Gasteiger partial charge in [0.1, 0.15) is 6.54 Å². The summed E-state index contributed by atoms with van der Waals surface area (Å²) in [4.78, 5) is 54.6. The van der Waals surface area contributed by atoms with Crippen molar-refractivity contribution in [3.05, 3.63) is 117 Å². The Morgan fingerprint density at radius 2 is 1.59 bits per heavy atom. The van der Waals surface area contributed by atoms with Crippen molar-refractivity contribution < 1.29 is 97.3 Å². The molecule has 3 aliphatic rings. The van der Waals surface area contributed by atoms with Crippen LogP contribution in [0.5, 0.6) is 0 Å². The molecule has 3 aliphatic heterocycles. The maximum atomic E-state index is 12.9. The van der Waals surface area contributed by atoms with Crippen molar-refractivity contribution in [1.82, 2.24) is 20.2 Å². The Morgan fingerprint density at radius 1 is 0.930 bits per heavy atom. The fraction of sp³-hybridized carbons (Fsp3) is 0.471. The topological polar surface area (TPSA) is 392 Å². The predicted molar refractivity (Wildman–Crippen MR) is 317 cm³/mol. The number of fused-ring (bicyclic) bond motifs is 2. The number of ether oxygens (including phenoxy) is 2. The molecule has 2 amide bonds. The number of rotatable bonds is 31. The van der Waals surface area contributed by atoms with E-state index >= 15 is 0 Å². The van der Waals surface area contributed by atoms with Gasteiger partial charge in [-0.2, -0.15) is 21.4 Å². The van der Waals surface area contributed by atoms with Gasteiger partial charge in [0.25, 0.3) is 20.2 Å². The third-order valence-corrected chi connectivity index (χ3v) is 28.1. The number of likely N-dealkylation sites (N-methyl/N-ethyl adjacent to an activating group) is 1. The summed E-state index contributed by atoms with van der Waals surface area (Å²) in [7, 11) is -15.0. The molecule has 3 aromatic rings. The minimum atomic E-state index is -6.68. The van der Waals surface area contributed by atoms with Crippen molar-refractivity contribution >= 4 is 92.1 Å². The molecule has 1 saturated heterocycles. The monoisotopic (exact) mass is 1340 g/mol. The van der Waals surface area contributed by atoms with E-state index in [1.165, 1.54) is 51.9 Å². The van der Waals surface area contributed by atoms with Crippen molar-refractivity contribution in [2.45, 2.75) is 112 Å². The average molecular weight is 1340 g/mol. The number of hydrogen-bond donors (Lipinski definition) is 7. The number of anilines is 1. The van der Waals surface area contributed by atoms with Crippen LogP contribution in [0.4, 0.5) is 11.4 Å². The van der Waals surface area contributed by atoms with Gasteiger partial charge in [-0.3, -0.25) is 18.7 Å². The van der Waals surface area contributed by atoms with E-state index in [9.17, 15) is 68.6 Å². The first-order chi connectivity index (χ1) is 40.5. The van der Waals surface area contributed by atoms with Crippen LogP contribution >= 0.6 is 43.0 Å². The molecule has 0 aliphatic carbocycles. The molecule has 6 rings (SSSR count). The molecule has 86 heavy (non-hydrogen) atoms. The molecule has 470 valence electrons. The third kappa shape index (κ3) is 15.8. The number of allylic oxidation sites excluding steroid dienone is 4. The predicted octanol–water partition coefficient (Wildman–Crippen LogP) is 7.54. The van der Waals surface area contributed by atoms with Crippen molar-refractivity contribution in [3.63, 3.8) is 0 Å². The molecular weight excluding hydrogens is 1270 g/mol. The first-order valence-electron chi connectivity index (χ1n) is 26.4. The number of carbonyl (C=O) groups is 2. The van der Waals surface area contributed by atoms with Gasteiger partial charge in [0.15, 0.2) is 5.71 Å². The molecule has 28 nitrogen and oxygen atoms in total. The van der Waals surface area contributed by atoms with Crippen LogP contribution in [-0.2, 0) is 87.3 Å². The molecule has 0 radical (unpaired) electrons. The zero-order chi connectivity index (χ0) is 63.4. The molecule has 1 fully saturated rings. The van der Waals surface area contributed by atoms with E-state index < -0.39 is 88.8 Å². The van der Waals surface area contributed by atoms with Gasteiger partial charge in [-0.25, -0.2) is 0 Å². The summed E-state index contributed by atoms with van der Waals surface area (Å²) in [6, 6.07) is 9.09. The van der Waals surface area contributed by atoms with E-state index in [-0.39, 0.29) is 59.6 Å². The van der Waals surface area contributed by atoms with Gasteiger partial charge >= 0.3 is 195 Å². The molecule has 1 aromatic heterocycles. The fourth-order valence-electron chi connectivity index (χ4n) is 9.88. The molecule has 2 aromatic carbocycles. The number of nitrogens with one attached hydrogen (secondary N) is 3. The normalized spacial score (nSPS) is 18.9. The maximum absolute atomic E-state index is 12.9. The van der Waals surface area contributed by atoms with E-state index in [1.807, 2.05) is 52.8 Å². The van der Waals surface area contributed by atoms with Gasteiger partial charge in [-0.15, -0.1) is 0 Å². The molecule has 3 atom stereocenters. The zero-order valence-electron chi connectivity index (χ0n) is 47.1. The second-order valence-corrected chi connectivity index (χ2v) is 36.1. The quantitative estimate of drug-likeness (QED) is 0.00376. The van der Waals surface area contributed by atoms with Crippen molar-refractivity contribution in [1.29, 1.82) is 0 Å². The second-order valence-electron chi connectivity index (χ2n) is 20.4. The van der Waals surface area contributed by atoms with E-state index in [0.717, 1.165) is 39.1 Å². The number of hydrogen-bond acceptors (Lipinski definition) is 23. The van der Waals surface area contributed by atoms with Crippen molar-refractivity contribution in [2.75, 3.05) is 55.8 Å². The molecule has 0 spiro atoms. The Hall–Kier alpha value is -5.26. The van der Waals surface area contributed by atoms with Crippen LogP contribution in [0.15, 0.2) is 98.6 Å². The van der Waals surface area contributed by atoms with Gasteiger partial charge in [0, 0.05) is 78.4 Å². The minimum absolute atomic E-state index is 0.117. The van der Waals surface area contributed by atoms with Crippen LogP contribution in [0.3, 0.4) is 0 Å². The molecule has 0 bridgehead atoms. The summed E-state index contributed by atoms with van der Waals surface area (Å²) in [5.74, 6) is 5.73. The second kappa shape index (κ2) is 29.4. The first kappa shape index (κ1) is 69.8. The Kier molecular flexibility index (Phi) is 23.9. The molecule has 0 saturated carbocycles. The number of aromatic amines is 1. The summed E-state index contributed by atoms with van der Waals surface area (Å²) in [6.07, 6.45) is 6.72. The molecule has 3 unspecified atom stereocenters.